The number of para-hydroxylation sites is 1. The molecule has 7 heteroatoms. The Morgan fingerprint density at radius 1 is 0.962 bits per heavy atom. The number of sulfonamides is 1. The summed E-state index contributed by atoms with van der Waals surface area (Å²) in [5.74, 6) is 0. The first-order valence-electron chi connectivity index (χ1n) is 7.84. The fourth-order valence-corrected chi connectivity index (χ4v) is 3.98. The molecule has 2 aromatic heterocycles. The van der Waals surface area contributed by atoms with Gasteiger partial charge in [-0.1, -0.05) is 48.0 Å². The molecule has 2 heterocycles. The normalized spacial score (nSPS) is 11.6. The first-order chi connectivity index (χ1) is 12.5. The van der Waals surface area contributed by atoms with Gasteiger partial charge >= 0.3 is 0 Å². The van der Waals surface area contributed by atoms with Crippen molar-refractivity contribution in [2.75, 3.05) is 4.72 Å². The number of aromatic nitrogens is 2. The van der Waals surface area contributed by atoms with Crippen LogP contribution in [0.25, 0.3) is 22.2 Å². The number of rotatable bonds is 4. The Morgan fingerprint density at radius 3 is 2.46 bits per heavy atom. The Hall–Kier alpha value is -2.83. The lowest BCUT2D eigenvalue weighted by molar-refractivity contribution is 0.601. The Kier molecular flexibility index (Phi) is 4.14. The number of fused-ring (bicyclic) bond motifs is 1. The van der Waals surface area contributed by atoms with Gasteiger partial charge in [-0.05, 0) is 30.3 Å². The minimum atomic E-state index is -3.74. The maximum Gasteiger partial charge on any atom is 0.261 e. The van der Waals surface area contributed by atoms with Crippen LogP contribution in [0, 0.1) is 0 Å². The monoisotopic (exact) mass is 383 g/mol. The average molecular weight is 384 g/mol. The molecule has 0 radical (unpaired) electrons. The van der Waals surface area contributed by atoms with Crippen molar-refractivity contribution in [3.8, 4) is 11.3 Å². The van der Waals surface area contributed by atoms with Crippen molar-refractivity contribution >= 4 is 38.2 Å². The lowest BCUT2D eigenvalue weighted by atomic mass is 10.2. The minimum absolute atomic E-state index is 0.0874. The van der Waals surface area contributed by atoms with Gasteiger partial charge < -0.3 is 4.98 Å². The van der Waals surface area contributed by atoms with Crippen molar-refractivity contribution in [3.05, 3.63) is 78.1 Å². The lowest BCUT2D eigenvalue weighted by Gasteiger charge is -2.10. The van der Waals surface area contributed by atoms with E-state index in [2.05, 4.69) is 14.7 Å². The molecular formula is C19H14ClN3O2S. The number of hydrogen-bond donors (Lipinski definition) is 2. The van der Waals surface area contributed by atoms with E-state index in [0.717, 1.165) is 22.2 Å². The van der Waals surface area contributed by atoms with E-state index in [-0.39, 0.29) is 15.7 Å². The number of nitrogens with one attached hydrogen (secondary N) is 2. The Bertz CT molecular complexity index is 1150. The van der Waals surface area contributed by atoms with Gasteiger partial charge in [0.15, 0.2) is 5.15 Å². The summed E-state index contributed by atoms with van der Waals surface area (Å²) in [6.07, 6.45) is 1.60. The van der Waals surface area contributed by atoms with Crippen molar-refractivity contribution in [2.24, 2.45) is 0 Å². The molecule has 0 bridgehead atoms. The zero-order chi connectivity index (χ0) is 18.1. The van der Waals surface area contributed by atoms with Gasteiger partial charge in [0.25, 0.3) is 10.0 Å². The second-order valence-corrected chi connectivity index (χ2v) is 7.79. The summed E-state index contributed by atoms with van der Waals surface area (Å²) in [5.41, 5.74) is 2.78. The van der Waals surface area contributed by atoms with E-state index in [1.165, 1.54) is 12.1 Å². The van der Waals surface area contributed by atoms with Crippen LogP contribution in [0.4, 0.5) is 5.69 Å². The van der Waals surface area contributed by atoms with Gasteiger partial charge in [-0.15, -0.1) is 0 Å². The Balaban J connectivity index is 1.73. The van der Waals surface area contributed by atoms with Crippen molar-refractivity contribution in [3.63, 3.8) is 0 Å². The topological polar surface area (TPSA) is 74.8 Å². The fraction of sp³-hybridized carbons (Fsp3) is 0. The molecule has 0 aliphatic heterocycles. The molecule has 0 fully saturated rings. The molecule has 5 nitrogen and oxygen atoms in total. The molecule has 0 amide bonds. The Labute approximate surface area is 155 Å². The van der Waals surface area contributed by atoms with Gasteiger partial charge in [0, 0.05) is 28.4 Å². The number of aromatic amines is 1. The van der Waals surface area contributed by atoms with E-state index in [9.17, 15) is 8.42 Å². The molecule has 2 aromatic carbocycles. The molecule has 4 rings (SSSR count). The number of pyridine rings is 1. The number of anilines is 1. The van der Waals surface area contributed by atoms with Crippen LogP contribution in [0.2, 0.25) is 5.15 Å². The van der Waals surface area contributed by atoms with E-state index in [0.29, 0.717) is 0 Å². The SMILES string of the molecule is O=S(=O)(Nc1cc(-c2cc3ccccc3[nH]2)cnc1Cl)c1ccccc1. The summed E-state index contributed by atoms with van der Waals surface area (Å²) in [6, 6.07) is 19.6. The van der Waals surface area contributed by atoms with Crippen LogP contribution < -0.4 is 4.72 Å². The van der Waals surface area contributed by atoms with E-state index < -0.39 is 10.0 Å². The summed E-state index contributed by atoms with van der Waals surface area (Å²) in [5, 5.41) is 1.15. The van der Waals surface area contributed by atoms with Crippen molar-refractivity contribution < 1.29 is 8.42 Å². The quantitative estimate of drug-likeness (QED) is 0.502. The predicted molar refractivity (Wildman–Crippen MR) is 104 cm³/mol. The number of benzene rings is 2. The maximum absolute atomic E-state index is 12.5. The maximum atomic E-state index is 12.5. The molecule has 0 saturated heterocycles. The van der Waals surface area contributed by atoms with Crippen LogP contribution in [0.1, 0.15) is 0 Å². The van der Waals surface area contributed by atoms with Crippen molar-refractivity contribution in [1.82, 2.24) is 9.97 Å². The zero-order valence-corrected chi connectivity index (χ0v) is 15.1. The third-order valence-corrected chi connectivity index (χ3v) is 5.66. The average Bonchev–Trinajstić information content (AvgIpc) is 3.08. The summed E-state index contributed by atoms with van der Waals surface area (Å²) in [4.78, 5) is 7.57. The highest BCUT2D eigenvalue weighted by Crippen LogP contribution is 2.30. The molecule has 0 spiro atoms. The van der Waals surface area contributed by atoms with Gasteiger partial charge in [-0.2, -0.15) is 0 Å². The molecule has 130 valence electrons. The third kappa shape index (κ3) is 3.16. The van der Waals surface area contributed by atoms with Gasteiger partial charge in [0.1, 0.15) is 0 Å². The van der Waals surface area contributed by atoms with Crippen LogP contribution in [-0.2, 0) is 10.0 Å². The summed E-state index contributed by atoms with van der Waals surface area (Å²) in [7, 11) is -3.74. The summed E-state index contributed by atoms with van der Waals surface area (Å²) >= 11 is 6.11. The van der Waals surface area contributed by atoms with Crippen LogP contribution in [0.5, 0.6) is 0 Å². The minimum Gasteiger partial charge on any atom is -0.354 e. The molecule has 0 saturated carbocycles. The van der Waals surface area contributed by atoms with Crippen molar-refractivity contribution in [2.45, 2.75) is 4.90 Å². The van der Waals surface area contributed by atoms with E-state index >= 15 is 0 Å². The van der Waals surface area contributed by atoms with Gasteiger partial charge in [0.05, 0.1) is 10.6 Å². The second kappa shape index (κ2) is 6.48. The van der Waals surface area contributed by atoms with Gasteiger partial charge in [0.2, 0.25) is 0 Å². The molecule has 2 N–H and O–H groups in total. The van der Waals surface area contributed by atoms with Crippen LogP contribution >= 0.6 is 11.6 Å². The van der Waals surface area contributed by atoms with E-state index in [1.54, 1.807) is 30.5 Å². The van der Waals surface area contributed by atoms with Crippen LogP contribution in [0.3, 0.4) is 0 Å². The highest BCUT2D eigenvalue weighted by molar-refractivity contribution is 7.92. The number of hydrogen-bond acceptors (Lipinski definition) is 3. The highest BCUT2D eigenvalue weighted by Gasteiger charge is 2.17. The van der Waals surface area contributed by atoms with E-state index in [1.807, 2.05) is 30.3 Å². The molecule has 0 aliphatic carbocycles. The number of halogens is 1. The largest absolute Gasteiger partial charge is 0.354 e. The fourth-order valence-electron chi connectivity index (χ4n) is 2.70. The third-order valence-electron chi connectivity index (χ3n) is 3.98. The first kappa shape index (κ1) is 16.6. The number of nitrogens with zero attached hydrogens (tertiary/aromatic N) is 1. The molecule has 0 atom stereocenters. The molecular weight excluding hydrogens is 370 g/mol. The van der Waals surface area contributed by atoms with Crippen LogP contribution in [0.15, 0.2) is 77.8 Å². The number of H-pyrrole nitrogens is 1. The van der Waals surface area contributed by atoms with Crippen LogP contribution in [-0.4, -0.2) is 18.4 Å². The van der Waals surface area contributed by atoms with E-state index in [4.69, 9.17) is 11.6 Å². The van der Waals surface area contributed by atoms with Gasteiger partial charge in [-0.3, -0.25) is 4.72 Å². The summed E-state index contributed by atoms with van der Waals surface area (Å²) in [6.45, 7) is 0. The molecule has 4 aromatic rings. The summed E-state index contributed by atoms with van der Waals surface area (Å²) < 4.78 is 27.6. The molecule has 0 aliphatic rings. The van der Waals surface area contributed by atoms with Crippen molar-refractivity contribution in [1.29, 1.82) is 0 Å². The van der Waals surface area contributed by atoms with Gasteiger partial charge in [-0.25, -0.2) is 13.4 Å². The first-order valence-corrected chi connectivity index (χ1v) is 9.70. The molecule has 26 heavy (non-hydrogen) atoms. The smallest absolute Gasteiger partial charge is 0.261 e. The standard InChI is InChI=1S/C19H14ClN3O2S/c20-19-18(23-26(24,25)15-7-2-1-3-8-15)11-14(12-21-19)17-10-13-6-4-5-9-16(13)22-17/h1-12,22-23H. The Morgan fingerprint density at radius 2 is 1.69 bits per heavy atom. The lowest BCUT2D eigenvalue weighted by Crippen LogP contribution is -2.13. The predicted octanol–water partition coefficient (Wildman–Crippen LogP) is 4.68. The molecule has 0 unspecified atom stereocenters. The second-order valence-electron chi connectivity index (χ2n) is 5.75. The zero-order valence-electron chi connectivity index (χ0n) is 13.5. The highest BCUT2D eigenvalue weighted by atomic mass is 35.5.